The van der Waals surface area contributed by atoms with E-state index in [9.17, 15) is 5.26 Å². The van der Waals surface area contributed by atoms with Crippen molar-refractivity contribution in [3.05, 3.63) is 34.0 Å². The Morgan fingerprint density at radius 2 is 1.82 bits per heavy atom. The number of aryl methyl sites for hydroxylation is 1. The average Bonchev–Trinajstić information content (AvgIpc) is 3.59. The zero-order valence-corrected chi connectivity index (χ0v) is 24.8. The molecule has 5 heterocycles. The van der Waals surface area contributed by atoms with Crippen LogP contribution < -0.4 is 20.9 Å². The Kier molecular flexibility index (Phi) is 6.97. The van der Waals surface area contributed by atoms with Crippen molar-refractivity contribution in [2.24, 2.45) is 0 Å². The Morgan fingerprint density at radius 1 is 1.07 bits per heavy atom. The van der Waals surface area contributed by atoms with Crippen molar-refractivity contribution in [2.45, 2.75) is 57.9 Å². The third-order valence-electron chi connectivity index (χ3n) is 8.71. The van der Waals surface area contributed by atoms with Gasteiger partial charge in [-0.25, -0.2) is 4.98 Å². The lowest BCUT2D eigenvalue weighted by Gasteiger charge is -2.42. The number of hydrogen-bond donors (Lipinski definition) is 2. The van der Waals surface area contributed by atoms with Crippen LogP contribution in [0.15, 0.2) is 16.7 Å². The van der Waals surface area contributed by atoms with Crippen LogP contribution in [-0.2, 0) is 11.8 Å². The van der Waals surface area contributed by atoms with Gasteiger partial charge >= 0.3 is 0 Å². The molecule has 2 fully saturated rings. The number of pyridine rings is 1. The van der Waals surface area contributed by atoms with Crippen LogP contribution in [0.3, 0.4) is 0 Å². The fraction of sp³-hybridized carbons (Fsp3) is 0.586. The summed E-state index contributed by atoms with van der Waals surface area (Å²) in [5.74, 6) is 1.96. The molecule has 3 aromatic heterocycles. The third-order valence-corrected chi connectivity index (χ3v) is 9.79. The predicted molar refractivity (Wildman–Crippen MR) is 159 cm³/mol. The maximum atomic E-state index is 9.88. The van der Waals surface area contributed by atoms with Gasteiger partial charge in [-0.05, 0) is 53.0 Å². The first-order valence-electron chi connectivity index (χ1n) is 14.3. The van der Waals surface area contributed by atoms with E-state index >= 15 is 0 Å². The summed E-state index contributed by atoms with van der Waals surface area (Å²) in [7, 11) is 0. The van der Waals surface area contributed by atoms with E-state index in [4.69, 9.17) is 20.2 Å². The highest BCUT2D eigenvalue weighted by atomic mass is 32.1. The zero-order valence-electron chi connectivity index (χ0n) is 24.0. The number of hydrogen-bond acceptors (Lipinski definition) is 11. The van der Waals surface area contributed by atoms with Crippen molar-refractivity contribution >= 4 is 27.8 Å². The molecule has 212 valence electrons. The van der Waals surface area contributed by atoms with Crippen LogP contribution in [-0.4, -0.2) is 77.9 Å². The third kappa shape index (κ3) is 4.82. The topological polar surface area (TPSA) is 123 Å². The highest BCUT2D eigenvalue weighted by Crippen LogP contribution is 2.48. The highest BCUT2D eigenvalue weighted by molar-refractivity contribution is 7.16. The monoisotopic (exact) mass is 561 g/mol. The molecule has 10 nitrogen and oxygen atoms in total. The lowest BCUT2D eigenvalue weighted by molar-refractivity contribution is 0.128. The molecular formula is C29H39N9OS. The average molecular weight is 562 g/mol. The molecule has 0 spiro atoms. The number of aromatic nitrogens is 3. The van der Waals surface area contributed by atoms with E-state index in [1.165, 1.54) is 11.3 Å². The molecule has 0 bridgehead atoms. The van der Waals surface area contributed by atoms with Gasteiger partial charge in [-0.2, -0.15) is 10.2 Å². The summed E-state index contributed by atoms with van der Waals surface area (Å²) in [5, 5.41) is 18.3. The molecule has 2 aliphatic heterocycles. The van der Waals surface area contributed by atoms with Crippen molar-refractivity contribution in [3.8, 4) is 17.6 Å². The fourth-order valence-corrected chi connectivity index (χ4v) is 7.54. The number of nitrogen functional groups attached to an aromatic ring is 1. The minimum Gasteiger partial charge on any atom is -0.389 e. The van der Waals surface area contributed by atoms with Crippen LogP contribution >= 0.6 is 11.3 Å². The lowest BCUT2D eigenvalue weighted by Crippen LogP contribution is -2.53. The Labute approximate surface area is 240 Å². The molecule has 6 rings (SSSR count). The Bertz CT molecular complexity index is 1420. The zero-order chi connectivity index (χ0) is 28.1. The number of nitrogens with one attached hydrogen (secondary N) is 1. The van der Waals surface area contributed by atoms with Gasteiger partial charge in [-0.15, -0.1) is 11.3 Å². The second-order valence-corrected chi connectivity index (χ2v) is 13.4. The maximum absolute atomic E-state index is 9.88. The maximum Gasteiger partial charge on any atom is 0.237 e. The van der Waals surface area contributed by atoms with Gasteiger partial charge in [0, 0.05) is 80.1 Å². The van der Waals surface area contributed by atoms with Gasteiger partial charge in [0.15, 0.2) is 0 Å². The van der Waals surface area contributed by atoms with Gasteiger partial charge in [0.2, 0.25) is 11.7 Å². The van der Waals surface area contributed by atoms with Crippen LogP contribution in [0.1, 0.15) is 62.4 Å². The van der Waals surface area contributed by atoms with Crippen molar-refractivity contribution in [2.75, 3.05) is 67.9 Å². The largest absolute Gasteiger partial charge is 0.389 e. The first-order valence-corrected chi connectivity index (χ1v) is 15.1. The van der Waals surface area contributed by atoms with E-state index in [2.05, 4.69) is 71.1 Å². The lowest BCUT2D eigenvalue weighted by atomic mass is 9.72. The number of nitrogens with two attached hydrogens (primary N) is 1. The minimum absolute atomic E-state index is 0.155. The Hall–Kier alpha value is -3.20. The number of fused-ring (bicyclic) bond motifs is 1. The fourth-order valence-electron chi connectivity index (χ4n) is 6.35. The number of thiophene rings is 1. The van der Waals surface area contributed by atoms with Crippen LogP contribution in [0.4, 0.5) is 16.5 Å². The summed E-state index contributed by atoms with van der Waals surface area (Å²) in [6, 6.07) is 6.63. The Balaban J connectivity index is 1.36. The number of anilines is 3. The van der Waals surface area contributed by atoms with E-state index < -0.39 is 5.41 Å². The molecule has 0 amide bonds. The van der Waals surface area contributed by atoms with Gasteiger partial charge in [0.05, 0.1) is 11.0 Å². The molecule has 0 aromatic carbocycles. The van der Waals surface area contributed by atoms with Gasteiger partial charge in [0.1, 0.15) is 22.6 Å². The molecule has 3 N–H and O–H groups in total. The summed E-state index contributed by atoms with van der Waals surface area (Å²) >= 11 is 1.51. The molecule has 3 aliphatic rings. The quantitative estimate of drug-likeness (QED) is 0.488. The summed E-state index contributed by atoms with van der Waals surface area (Å²) in [4.78, 5) is 18.5. The van der Waals surface area contributed by atoms with Crippen LogP contribution in [0, 0.1) is 11.3 Å². The summed E-state index contributed by atoms with van der Waals surface area (Å²) in [6.07, 6.45) is 2.72. The van der Waals surface area contributed by atoms with E-state index in [0.717, 1.165) is 93.6 Å². The van der Waals surface area contributed by atoms with Crippen molar-refractivity contribution in [3.63, 3.8) is 0 Å². The molecule has 40 heavy (non-hydrogen) atoms. The number of rotatable bonds is 4. The van der Waals surface area contributed by atoms with Crippen LogP contribution in [0.25, 0.3) is 11.5 Å². The standard InChI is InChI=1S/C29H39N9OS/c1-28(2,3)38-14-12-37(13-15-38)23-17-19(36-10-8-32-9-11-36)16-21(33-23)26-34-27(39-35-26)29(4)7-5-6-22-24(29)20(18-30)25(31)40-22/h16-17,32H,5-15,31H2,1-4H3. The van der Waals surface area contributed by atoms with E-state index in [1.54, 1.807) is 0 Å². The second kappa shape index (κ2) is 10.3. The molecular weight excluding hydrogens is 522 g/mol. The highest BCUT2D eigenvalue weighted by Gasteiger charge is 2.43. The van der Waals surface area contributed by atoms with Crippen molar-refractivity contribution < 1.29 is 4.52 Å². The summed E-state index contributed by atoms with van der Waals surface area (Å²) in [6.45, 7) is 16.5. The van der Waals surface area contributed by atoms with Gasteiger partial charge < -0.3 is 25.4 Å². The van der Waals surface area contributed by atoms with Crippen molar-refractivity contribution in [1.82, 2.24) is 25.3 Å². The first kappa shape index (κ1) is 27.0. The second-order valence-electron chi connectivity index (χ2n) is 12.3. The van der Waals surface area contributed by atoms with E-state index in [-0.39, 0.29) is 5.54 Å². The van der Waals surface area contributed by atoms with Crippen LogP contribution in [0.5, 0.6) is 0 Å². The molecule has 3 aromatic rings. The normalized spacial score (nSPS) is 22.3. The molecule has 1 atom stereocenters. The number of nitriles is 1. The first-order chi connectivity index (χ1) is 19.2. The minimum atomic E-state index is -0.555. The molecule has 1 aliphatic carbocycles. The van der Waals surface area contributed by atoms with Gasteiger partial charge in [-0.3, -0.25) is 4.90 Å². The van der Waals surface area contributed by atoms with Crippen molar-refractivity contribution in [1.29, 1.82) is 5.26 Å². The predicted octanol–water partition coefficient (Wildman–Crippen LogP) is 3.62. The number of nitrogens with zero attached hydrogens (tertiary/aromatic N) is 7. The van der Waals surface area contributed by atoms with Crippen LogP contribution in [0.2, 0.25) is 0 Å². The summed E-state index contributed by atoms with van der Waals surface area (Å²) in [5.41, 5.74) is 9.19. The van der Waals surface area contributed by atoms with Gasteiger partial charge in [0.25, 0.3) is 0 Å². The smallest absolute Gasteiger partial charge is 0.237 e. The molecule has 0 saturated carbocycles. The van der Waals surface area contributed by atoms with Gasteiger partial charge in [-0.1, -0.05) is 5.16 Å². The molecule has 2 saturated heterocycles. The molecule has 11 heteroatoms. The molecule has 0 radical (unpaired) electrons. The summed E-state index contributed by atoms with van der Waals surface area (Å²) < 4.78 is 5.96. The number of piperazine rings is 2. The Morgan fingerprint density at radius 3 is 2.52 bits per heavy atom. The van der Waals surface area contributed by atoms with E-state index in [0.29, 0.717) is 28.0 Å². The SMILES string of the molecule is CC1(c2nc(-c3cc(N4CCNCC4)cc(N4CCN(C(C)(C)C)CC4)n3)no2)CCCc2sc(N)c(C#N)c21. The van der Waals surface area contributed by atoms with E-state index in [1.807, 2.05) is 0 Å². The molecule has 1 unspecified atom stereocenters.